The fourth-order valence-electron chi connectivity index (χ4n) is 3.51. The lowest BCUT2D eigenvalue weighted by molar-refractivity contribution is -0.136. The minimum Gasteiger partial charge on any atom is -0.497 e. The van der Waals surface area contributed by atoms with Crippen molar-refractivity contribution in [2.24, 2.45) is 5.10 Å². The summed E-state index contributed by atoms with van der Waals surface area (Å²) in [5.74, 6) is 0.937. The van der Waals surface area contributed by atoms with E-state index >= 15 is 0 Å². The minimum atomic E-state index is -1.09. The van der Waals surface area contributed by atoms with E-state index in [1.807, 2.05) is 19.1 Å². The summed E-state index contributed by atoms with van der Waals surface area (Å²) in [5.41, 5.74) is 4.70. The van der Waals surface area contributed by atoms with Gasteiger partial charge >= 0.3 is 12.0 Å². The molecule has 0 aliphatic carbocycles. The first-order chi connectivity index (χ1) is 17.4. The molecule has 1 aliphatic rings. The van der Waals surface area contributed by atoms with Gasteiger partial charge in [-0.25, -0.2) is 9.59 Å². The number of hydrogen-bond donors (Lipinski definition) is 4. The molecule has 2 aromatic carbocycles. The summed E-state index contributed by atoms with van der Waals surface area (Å²) in [6.45, 7) is 3.68. The molecular formula is C25H30N4O7. The van der Waals surface area contributed by atoms with Gasteiger partial charge in [0.15, 0.2) is 17.7 Å². The maximum atomic E-state index is 12.3. The number of ether oxygens (including phenoxy) is 4. The van der Waals surface area contributed by atoms with Gasteiger partial charge < -0.3 is 34.7 Å². The smallest absolute Gasteiger partial charge is 0.337 e. The highest BCUT2D eigenvalue weighted by atomic mass is 16.5. The van der Waals surface area contributed by atoms with Gasteiger partial charge in [0.1, 0.15) is 12.4 Å². The lowest BCUT2D eigenvalue weighted by atomic mass is 9.95. The molecule has 0 saturated carbocycles. The Labute approximate surface area is 209 Å². The van der Waals surface area contributed by atoms with Crippen LogP contribution in [0.5, 0.6) is 17.2 Å². The number of rotatable bonds is 11. The van der Waals surface area contributed by atoms with Crippen LogP contribution >= 0.6 is 0 Å². The van der Waals surface area contributed by atoms with Gasteiger partial charge in [-0.3, -0.25) is 5.43 Å². The first-order valence-corrected chi connectivity index (χ1v) is 11.2. The molecule has 2 aromatic rings. The molecule has 2 atom stereocenters. The number of nitrogens with one attached hydrogen (secondary N) is 3. The van der Waals surface area contributed by atoms with Crippen LogP contribution in [-0.4, -0.2) is 57.0 Å². The molecular weight excluding hydrogens is 468 g/mol. The van der Waals surface area contributed by atoms with Crippen LogP contribution in [0.4, 0.5) is 4.79 Å². The van der Waals surface area contributed by atoms with Gasteiger partial charge in [0.05, 0.1) is 38.7 Å². The molecule has 0 radical (unpaired) electrons. The van der Waals surface area contributed by atoms with Gasteiger partial charge in [0.25, 0.3) is 0 Å². The van der Waals surface area contributed by atoms with Crippen LogP contribution in [-0.2, 0) is 9.53 Å². The number of carbonyl (C=O) groups is 2. The van der Waals surface area contributed by atoms with Crippen molar-refractivity contribution in [3.8, 4) is 17.2 Å². The van der Waals surface area contributed by atoms with E-state index in [2.05, 4.69) is 21.2 Å². The van der Waals surface area contributed by atoms with Crippen LogP contribution in [0, 0.1) is 0 Å². The number of allylic oxidation sites excluding steroid dienone is 1. The molecule has 11 heteroatoms. The predicted molar refractivity (Wildman–Crippen MR) is 132 cm³/mol. The van der Waals surface area contributed by atoms with Gasteiger partial charge in [0, 0.05) is 5.70 Å². The zero-order valence-corrected chi connectivity index (χ0v) is 20.5. The number of benzene rings is 2. The number of aliphatic hydroxyl groups is 1. The van der Waals surface area contributed by atoms with E-state index in [0.29, 0.717) is 29.4 Å². The quantitative estimate of drug-likeness (QED) is 0.160. The molecule has 4 N–H and O–H groups in total. The third-order valence-electron chi connectivity index (χ3n) is 5.23. The summed E-state index contributed by atoms with van der Waals surface area (Å²) >= 11 is 0. The Morgan fingerprint density at radius 3 is 2.58 bits per heavy atom. The molecule has 0 saturated heterocycles. The van der Waals surface area contributed by atoms with Crippen LogP contribution in [0.15, 0.2) is 58.8 Å². The van der Waals surface area contributed by atoms with Crippen molar-refractivity contribution >= 4 is 18.2 Å². The standard InChI is InChI=1S/C25H30N4O7/c1-5-35-20-12-17(23-22(24(31)34-4)15(2)27-25(32)28-23)8-11-19(20)36-14-21(30)29-26-13-16-6-9-18(33-3)10-7-16/h6-13,21,23,29-30H,5,14H2,1-4H3,(H2,27,28,32)/b26-13-/t21-,23+/m1/s1. The molecule has 1 heterocycles. The van der Waals surface area contributed by atoms with Gasteiger partial charge in [-0.1, -0.05) is 6.07 Å². The van der Waals surface area contributed by atoms with Crippen molar-refractivity contribution in [3.05, 3.63) is 64.9 Å². The maximum absolute atomic E-state index is 12.3. The largest absolute Gasteiger partial charge is 0.497 e. The highest BCUT2D eigenvalue weighted by molar-refractivity contribution is 5.95. The van der Waals surface area contributed by atoms with Crippen molar-refractivity contribution < 1.29 is 33.6 Å². The number of esters is 1. The molecule has 0 bridgehead atoms. The van der Waals surface area contributed by atoms with Crippen LogP contribution in [0.1, 0.15) is 31.0 Å². The average molecular weight is 499 g/mol. The van der Waals surface area contributed by atoms with Gasteiger partial charge in [-0.2, -0.15) is 5.10 Å². The van der Waals surface area contributed by atoms with Gasteiger partial charge in [-0.15, -0.1) is 0 Å². The summed E-state index contributed by atoms with van der Waals surface area (Å²) in [4.78, 5) is 24.4. The second-order valence-electron chi connectivity index (χ2n) is 7.69. The first-order valence-electron chi connectivity index (χ1n) is 11.2. The van der Waals surface area contributed by atoms with Crippen molar-refractivity contribution in [1.29, 1.82) is 0 Å². The molecule has 1 aliphatic heterocycles. The van der Waals surface area contributed by atoms with Gasteiger partial charge in [0.2, 0.25) is 0 Å². The number of aliphatic hydroxyl groups excluding tert-OH is 1. The second kappa shape index (κ2) is 12.5. The van der Waals surface area contributed by atoms with E-state index in [1.54, 1.807) is 50.6 Å². The molecule has 3 rings (SSSR count). The van der Waals surface area contributed by atoms with Crippen molar-refractivity contribution in [2.75, 3.05) is 27.4 Å². The molecule has 36 heavy (non-hydrogen) atoms. The predicted octanol–water partition coefficient (Wildman–Crippen LogP) is 2.22. The fourth-order valence-corrected chi connectivity index (χ4v) is 3.51. The highest BCUT2D eigenvalue weighted by Gasteiger charge is 2.32. The van der Waals surface area contributed by atoms with Crippen LogP contribution in [0.2, 0.25) is 0 Å². The zero-order valence-electron chi connectivity index (χ0n) is 20.5. The van der Waals surface area contributed by atoms with Crippen molar-refractivity contribution in [3.63, 3.8) is 0 Å². The third-order valence-corrected chi connectivity index (χ3v) is 5.23. The molecule has 0 aromatic heterocycles. The van der Waals surface area contributed by atoms with E-state index in [-0.39, 0.29) is 12.2 Å². The number of carbonyl (C=O) groups excluding carboxylic acids is 2. The SMILES string of the molecule is CCOc1cc([C@@H]2NC(=O)NC(C)=C2C(=O)OC)ccc1OC[C@@H](O)N/N=C\c1ccc(OC)cc1. The number of methoxy groups -OCH3 is 2. The zero-order chi connectivity index (χ0) is 26.1. The number of urea groups is 1. The normalized spacial score (nSPS) is 16.1. The maximum Gasteiger partial charge on any atom is 0.337 e. The van der Waals surface area contributed by atoms with E-state index < -0.39 is 24.3 Å². The van der Waals surface area contributed by atoms with E-state index in [9.17, 15) is 14.7 Å². The lowest BCUT2D eigenvalue weighted by Crippen LogP contribution is -2.45. The lowest BCUT2D eigenvalue weighted by Gasteiger charge is -2.28. The first kappa shape index (κ1) is 26.4. The van der Waals surface area contributed by atoms with Crippen molar-refractivity contribution in [2.45, 2.75) is 26.1 Å². The van der Waals surface area contributed by atoms with Crippen LogP contribution < -0.4 is 30.3 Å². The molecule has 192 valence electrons. The average Bonchev–Trinajstić information content (AvgIpc) is 2.87. The monoisotopic (exact) mass is 498 g/mol. The molecule has 11 nitrogen and oxygen atoms in total. The molecule has 0 unspecified atom stereocenters. The molecule has 0 spiro atoms. The van der Waals surface area contributed by atoms with Crippen LogP contribution in [0.3, 0.4) is 0 Å². The molecule has 2 amide bonds. The number of amides is 2. The Bertz CT molecular complexity index is 1130. The van der Waals surface area contributed by atoms with E-state index in [0.717, 1.165) is 11.3 Å². The minimum absolute atomic E-state index is 0.115. The number of hydrazone groups is 1. The Kier molecular flexibility index (Phi) is 9.12. The Morgan fingerprint density at radius 2 is 1.92 bits per heavy atom. The highest BCUT2D eigenvalue weighted by Crippen LogP contribution is 2.34. The summed E-state index contributed by atoms with van der Waals surface area (Å²) in [7, 11) is 2.87. The summed E-state index contributed by atoms with van der Waals surface area (Å²) in [6.07, 6.45) is 0.471. The summed E-state index contributed by atoms with van der Waals surface area (Å²) < 4.78 is 21.4. The number of nitrogens with zero attached hydrogens (tertiary/aromatic N) is 1. The van der Waals surface area contributed by atoms with E-state index in [1.165, 1.54) is 7.11 Å². The topological polar surface area (TPSA) is 140 Å². The molecule has 0 fully saturated rings. The number of hydrogen-bond acceptors (Lipinski definition) is 9. The Balaban J connectivity index is 1.69. The third kappa shape index (κ3) is 6.66. The van der Waals surface area contributed by atoms with E-state index in [4.69, 9.17) is 18.9 Å². The summed E-state index contributed by atoms with van der Waals surface area (Å²) in [6, 6.07) is 11.1. The fraction of sp³-hybridized carbons (Fsp3) is 0.320. The van der Waals surface area contributed by atoms with Gasteiger partial charge in [-0.05, 0) is 61.4 Å². The Morgan fingerprint density at radius 1 is 1.17 bits per heavy atom. The van der Waals surface area contributed by atoms with Crippen molar-refractivity contribution in [1.82, 2.24) is 16.1 Å². The van der Waals surface area contributed by atoms with Crippen LogP contribution in [0.25, 0.3) is 0 Å². The summed E-state index contributed by atoms with van der Waals surface area (Å²) in [5, 5.41) is 19.5. The Hall–Kier alpha value is -4.25. The second-order valence-corrected chi connectivity index (χ2v) is 7.69.